The van der Waals surface area contributed by atoms with Crippen molar-refractivity contribution in [1.29, 1.82) is 0 Å². The molecule has 0 bridgehead atoms. The van der Waals surface area contributed by atoms with Crippen molar-refractivity contribution in [3.63, 3.8) is 0 Å². The Balaban J connectivity index is 1.59. The maximum Gasteiger partial charge on any atom is 0.237 e. The average Bonchev–Trinajstić information content (AvgIpc) is 2.54. The van der Waals surface area contributed by atoms with Crippen LogP contribution in [0.3, 0.4) is 0 Å². The van der Waals surface area contributed by atoms with Gasteiger partial charge in [0.2, 0.25) is 5.91 Å². The van der Waals surface area contributed by atoms with Gasteiger partial charge >= 0.3 is 0 Å². The number of nitrogens with zero attached hydrogens (tertiary/aromatic N) is 1. The molecule has 0 radical (unpaired) electrons. The van der Waals surface area contributed by atoms with Gasteiger partial charge in [0, 0.05) is 6.54 Å². The number of piperidine rings is 1. The van der Waals surface area contributed by atoms with Gasteiger partial charge in [0.1, 0.15) is 0 Å². The summed E-state index contributed by atoms with van der Waals surface area (Å²) >= 11 is 0. The van der Waals surface area contributed by atoms with Crippen molar-refractivity contribution < 1.29 is 4.79 Å². The zero-order valence-electron chi connectivity index (χ0n) is 13.6. The fourth-order valence-corrected chi connectivity index (χ4v) is 2.89. The van der Waals surface area contributed by atoms with E-state index in [1.165, 1.54) is 25.9 Å². The number of nitrogens with two attached hydrogens (primary N) is 1. The van der Waals surface area contributed by atoms with Crippen LogP contribution in [0.5, 0.6) is 0 Å². The third-order valence-corrected chi connectivity index (χ3v) is 4.46. The first-order chi connectivity index (χ1) is 10.6. The predicted molar refractivity (Wildman–Crippen MR) is 90.6 cm³/mol. The highest BCUT2D eigenvalue weighted by Crippen LogP contribution is 2.15. The normalized spacial score (nSPS) is 18.1. The standard InChI is InChI=1S/C18H29N3O/c1-15-8-12-21(13-9-15)11-5-10-20-18(22)17(19)14-16-6-3-2-4-7-16/h2-4,6-7,15,17H,5,8-14,19H2,1H3,(H,20,22). The molecule has 22 heavy (non-hydrogen) atoms. The SMILES string of the molecule is CC1CCN(CCCNC(=O)C(N)Cc2ccccc2)CC1. The quantitative estimate of drug-likeness (QED) is 0.755. The zero-order valence-corrected chi connectivity index (χ0v) is 13.6. The lowest BCUT2D eigenvalue weighted by atomic mass is 9.99. The number of hydrogen-bond donors (Lipinski definition) is 2. The number of hydrogen-bond acceptors (Lipinski definition) is 3. The second-order valence-electron chi connectivity index (χ2n) is 6.46. The molecule has 1 fully saturated rings. The molecule has 1 amide bonds. The molecule has 1 aromatic rings. The van der Waals surface area contributed by atoms with Crippen molar-refractivity contribution in [3.8, 4) is 0 Å². The van der Waals surface area contributed by atoms with Gasteiger partial charge in [0.25, 0.3) is 0 Å². The van der Waals surface area contributed by atoms with E-state index in [4.69, 9.17) is 5.73 Å². The second kappa shape index (κ2) is 8.91. The fourth-order valence-electron chi connectivity index (χ4n) is 2.89. The molecule has 0 saturated carbocycles. The van der Waals surface area contributed by atoms with E-state index in [-0.39, 0.29) is 5.91 Å². The van der Waals surface area contributed by atoms with Crippen LogP contribution in [0.25, 0.3) is 0 Å². The minimum absolute atomic E-state index is 0.0453. The molecule has 1 aromatic carbocycles. The highest BCUT2D eigenvalue weighted by atomic mass is 16.2. The van der Waals surface area contributed by atoms with Gasteiger partial charge in [-0.1, -0.05) is 37.3 Å². The summed E-state index contributed by atoms with van der Waals surface area (Å²) in [4.78, 5) is 14.5. The van der Waals surface area contributed by atoms with Crippen LogP contribution in [0.4, 0.5) is 0 Å². The molecule has 4 heteroatoms. The van der Waals surface area contributed by atoms with E-state index >= 15 is 0 Å². The van der Waals surface area contributed by atoms with E-state index < -0.39 is 6.04 Å². The van der Waals surface area contributed by atoms with E-state index in [2.05, 4.69) is 17.1 Å². The number of nitrogens with one attached hydrogen (secondary N) is 1. The van der Waals surface area contributed by atoms with Crippen molar-refractivity contribution in [2.45, 2.75) is 38.6 Å². The Kier molecular flexibility index (Phi) is 6.87. The largest absolute Gasteiger partial charge is 0.355 e. The lowest BCUT2D eigenvalue weighted by Gasteiger charge is -2.30. The van der Waals surface area contributed by atoms with Crippen LogP contribution in [0, 0.1) is 5.92 Å². The van der Waals surface area contributed by atoms with Crippen molar-refractivity contribution in [1.82, 2.24) is 10.2 Å². The highest BCUT2D eigenvalue weighted by molar-refractivity contribution is 5.81. The van der Waals surface area contributed by atoms with Crippen molar-refractivity contribution >= 4 is 5.91 Å². The summed E-state index contributed by atoms with van der Waals surface area (Å²) in [5.74, 6) is 0.822. The smallest absolute Gasteiger partial charge is 0.237 e. The van der Waals surface area contributed by atoms with Gasteiger partial charge in [-0.25, -0.2) is 0 Å². The predicted octanol–water partition coefficient (Wildman–Crippen LogP) is 1.79. The van der Waals surface area contributed by atoms with E-state index in [9.17, 15) is 4.79 Å². The lowest BCUT2D eigenvalue weighted by molar-refractivity contribution is -0.122. The van der Waals surface area contributed by atoms with Gasteiger partial charge < -0.3 is 16.0 Å². The Morgan fingerprint density at radius 1 is 1.32 bits per heavy atom. The summed E-state index contributed by atoms with van der Waals surface area (Å²) in [7, 11) is 0. The maximum absolute atomic E-state index is 12.0. The van der Waals surface area contributed by atoms with Gasteiger partial charge in [-0.05, 0) is 56.8 Å². The molecule has 0 spiro atoms. The molecular weight excluding hydrogens is 274 g/mol. The minimum atomic E-state index is -0.460. The van der Waals surface area contributed by atoms with E-state index in [0.717, 1.165) is 24.4 Å². The summed E-state index contributed by atoms with van der Waals surface area (Å²) in [6, 6.07) is 9.46. The fraction of sp³-hybridized carbons (Fsp3) is 0.611. The van der Waals surface area contributed by atoms with E-state index in [1.807, 2.05) is 30.3 Å². The molecular formula is C18H29N3O. The van der Waals surface area contributed by atoms with Crippen LogP contribution in [-0.4, -0.2) is 43.0 Å². The van der Waals surface area contributed by atoms with Gasteiger partial charge in [-0.3, -0.25) is 4.79 Å². The topological polar surface area (TPSA) is 58.4 Å². The monoisotopic (exact) mass is 303 g/mol. The van der Waals surface area contributed by atoms with Crippen LogP contribution in [0.1, 0.15) is 31.7 Å². The number of rotatable bonds is 7. The van der Waals surface area contributed by atoms with Gasteiger partial charge in [0.15, 0.2) is 0 Å². The summed E-state index contributed by atoms with van der Waals surface area (Å²) in [5.41, 5.74) is 7.07. The average molecular weight is 303 g/mol. The highest BCUT2D eigenvalue weighted by Gasteiger charge is 2.16. The first-order valence-electron chi connectivity index (χ1n) is 8.44. The van der Waals surface area contributed by atoms with Crippen LogP contribution < -0.4 is 11.1 Å². The summed E-state index contributed by atoms with van der Waals surface area (Å²) in [6.45, 7) is 6.51. The van der Waals surface area contributed by atoms with Gasteiger partial charge in [-0.15, -0.1) is 0 Å². The van der Waals surface area contributed by atoms with Crippen LogP contribution in [0.15, 0.2) is 30.3 Å². The molecule has 0 aromatic heterocycles. The Hall–Kier alpha value is -1.39. The molecule has 1 aliphatic heterocycles. The maximum atomic E-state index is 12.0. The molecule has 4 nitrogen and oxygen atoms in total. The molecule has 1 aliphatic rings. The van der Waals surface area contributed by atoms with Crippen LogP contribution >= 0.6 is 0 Å². The molecule has 1 atom stereocenters. The summed E-state index contributed by atoms with van der Waals surface area (Å²) in [5, 5.41) is 2.96. The summed E-state index contributed by atoms with van der Waals surface area (Å²) < 4.78 is 0. The Bertz CT molecular complexity index is 441. The second-order valence-corrected chi connectivity index (χ2v) is 6.46. The van der Waals surface area contributed by atoms with Crippen molar-refractivity contribution in [3.05, 3.63) is 35.9 Å². The summed E-state index contributed by atoms with van der Waals surface area (Å²) in [6.07, 6.45) is 4.19. The third kappa shape index (κ3) is 5.78. The zero-order chi connectivity index (χ0) is 15.8. The number of likely N-dealkylation sites (tertiary alicyclic amines) is 1. The Labute approximate surface area is 134 Å². The molecule has 3 N–H and O–H groups in total. The van der Waals surface area contributed by atoms with Gasteiger partial charge in [-0.2, -0.15) is 0 Å². The molecule has 1 heterocycles. The molecule has 1 unspecified atom stereocenters. The number of amides is 1. The molecule has 122 valence electrons. The molecule has 1 saturated heterocycles. The van der Waals surface area contributed by atoms with Crippen molar-refractivity contribution in [2.24, 2.45) is 11.7 Å². The van der Waals surface area contributed by atoms with Crippen LogP contribution in [-0.2, 0) is 11.2 Å². The number of benzene rings is 1. The third-order valence-electron chi connectivity index (χ3n) is 4.46. The first-order valence-corrected chi connectivity index (χ1v) is 8.44. The first kappa shape index (κ1) is 17.0. The number of carbonyl (C=O) groups is 1. The molecule has 2 rings (SSSR count). The lowest BCUT2D eigenvalue weighted by Crippen LogP contribution is -2.43. The van der Waals surface area contributed by atoms with E-state index in [0.29, 0.717) is 13.0 Å². The minimum Gasteiger partial charge on any atom is -0.355 e. The number of carbonyl (C=O) groups excluding carboxylic acids is 1. The van der Waals surface area contributed by atoms with Crippen molar-refractivity contribution in [2.75, 3.05) is 26.2 Å². The molecule has 0 aliphatic carbocycles. The van der Waals surface area contributed by atoms with E-state index in [1.54, 1.807) is 0 Å². The van der Waals surface area contributed by atoms with Gasteiger partial charge in [0.05, 0.1) is 6.04 Å². The van der Waals surface area contributed by atoms with Crippen LogP contribution in [0.2, 0.25) is 0 Å². The Morgan fingerprint density at radius 2 is 2.00 bits per heavy atom. The Morgan fingerprint density at radius 3 is 2.68 bits per heavy atom.